The zero-order chi connectivity index (χ0) is 28.4. The van der Waals surface area contributed by atoms with E-state index in [2.05, 4.69) is 15.4 Å². The van der Waals surface area contributed by atoms with E-state index in [1.54, 1.807) is 6.07 Å². The fourth-order valence-electron chi connectivity index (χ4n) is 4.83. The summed E-state index contributed by atoms with van der Waals surface area (Å²) in [4.78, 5) is 17.4. The van der Waals surface area contributed by atoms with Gasteiger partial charge in [0.15, 0.2) is 0 Å². The molecule has 1 amide bonds. The highest BCUT2D eigenvalue weighted by Crippen LogP contribution is 2.46. The number of methoxy groups -OCH3 is 1. The molecule has 0 aliphatic heterocycles. The molecule has 0 unspecified atom stereocenters. The lowest BCUT2D eigenvalue weighted by Crippen LogP contribution is -2.43. The van der Waals surface area contributed by atoms with Crippen molar-refractivity contribution in [1.82, 2.24) is 20.1 Å². The van der Waals surface area contributed by atoms with E-state index in [1.807, 2.05) is 0 Å². The molecule has 0 spiro atoms. The first-order valence-electron chi connectivity index (χ1n) is 12.6. The van der Waals surface area contributed by atoms with Crippen LogP contribution in [0.25, 0.3) is 22.2 Å². The molecule has 7 nitrogen and oxygen atoms in total. The molecule has 1 atom stereocenters. The highest BCUT2D eigenvalue weighted by Gasteiger charge is 2.47. The molecule has 0 bridgehead atoms. The molecule has 2 aliphatic rings. The highest BCUT2D eigenvalue weighted by molar-refractivity contribution is 6.31. The van der Waals surface area contributed by atoms with Gasteiger partial charge in [-0.05, 0) is 49.1 Å². The molecule has 6 rings (SSSR count). The number of benzene rings is 2. The maximum atomic E-state index is 14.7. The highest BCUT2D eigenvalue weighted by atomic mass is 35.5. The van der Waals surface area contributed by atoms with Crippen LogP contribution in [0, 0.1) is 23.4 Å². The third-order valence-corrected chi connectivity index (χ3v) is 7.74. The first-order valence-corrected chi connectivity index (χ1v) is 13.0. The number of alkyl halides is 1. The molecule has 0 saturated heterocycles. The smallest absolute Gasteiger partial charge is 0.251 e. The molecule has 2 aliphatic carbocycles. The Balaban J connectivity index is 1.29. The van der Waals surface area contributed by atoms with Crippen molar-refractivity contribution in [3.8, 4) is 17.0 Å². The van der Waals surface area contributed by atoms with Crippen LogP contribution in [-0.2, 0) is 11.4 Å². The summed E-state index contributed by atoms with van der Waals surface area (Å²) in [5, 5.41) is 18.7. The van der Waals surface area contributed by atoms with Crippen LogP contribution in [0.3, 0.4) is 0 Å². The first kappa shape index (κ1) is 26.5. The van der Waals surface area contributed by atoms with E-state index < -0.39 is 45.5 Å². The Bertz CT molecular complexity index is 1670. The number of halogens is 5. The van der Waals surface area contributed by atoms with Gasteiger partial charge < -0.3 is 15.2 Å². The molecular formula is C28H23ClF4N4O3. The van der Waals surface area contributed by atoms with E-state index in [1.165, 1.54) is 30.1 Å². The summed E-state index contributed by atoms with van der Waals surface area (Å²) in [6.07, 6.45) is 3.49. The van der Waals surface area contributed by atoms with E-state index in [0.29, 0.717) is 42.7 Å². The number of rotatable bonds is 8. The molecule has 2 fully saturated rings. The number of pyridine rings is 1. The van der Waals surface area contributed by atoms with Gasteiger partial charge in [-0.15, -0.1) is 0 Å². The predicted molar refractivity (Wildman–Crippen MR) is 138 cm³/mol. The Hall–Kier alpha value is -3.70. The molecule has 2 N–H and O–H groups in total. The van der Waals surface area contributed by atoms with Crippen LogP contribution in [-0.4, -0.2) is 39.4 Å². The average molecular weight is 575 g/mol. The van der Waals surface area contributed by atoms with E-state index >= 15 is 0 Å². The maximum Gasteiger partial charge on any atom is 0.251 e. The predicted octanol–water partition coefficient (Wildman–Crippen LogP) is 5.62. The molecule has 40 heavy (non-hydrogen) atoms. The Kier molecular flexibility index (Phi) is 6.26. The normalized spacial score (nSPS) is 17.5. The number of ether oxygens (including phenoxy) is 1. The largest absolute Gasteiger partial charge is 0.494 e. The lowest BCUT2D eigenvalue weighted by atomic mass is 9.92. The van der Waals surface area contributed by atoms with Crippen molar-refractivity contribution in [2.45, 2.75) is 37.1 Å². The fraction of sp³-hybridized carbons (Fsp3) is 0.321. The molecule has 2 aromatic heterocycles. The average Bonchev–Trinajstić information content (AvgIpc) is 3.87. The summed E-state index contributed by atoms with van der Waals surface area (Å²) < 4.78 is 64.1. The molecule has 4 aromatic rings. The summed E-state index contributed by atoms with van der Waals surface area (Å²) >= 11 is 5.78. The van der Waals surface area contributed by atoms with Gasteiger partial charge in [0, 0.05) is 41.6 Å². The maximum absolute atomic E-state index is 14.7. The van der Waals surface area contributed by atoms with Gasteiger partial charge >= 0.3 is 0 Å². The van der Waals surface area contributed by atoms with E-state index in [9.17, 15) is 27.5 Å². The summed E-state index contributed by atoms with van der Waals surface area (Å²) in [7, 11) is 1.42. The van der Waals surface area contributed by atoms with Crippen molar-refractivity contribution in [1.29, 1.82) is 0 Å². The number of carbonyl (C=O) groups excluding carboxylic acids is 1. The Morgan fingerprint density at radius 2 is 1.93 bits per heavy atom. The Morgan fingerprint density at radius 1 is 1.18 bits per heavy atom. The van der Waals surface area contributed by atoms with Crippen LogP contribution < -0.4 is 10.1 Å². The fourth-order valence-corrected chi connectivity index (χ4v) is 4.99. The minimum Gasteiger partial charge on any atom is -0.494 e. The summed E-state index contributed by atoms with van der Waals surface area (Å²) in [6, 6.07) is 6.77. The van der Waals surface area contributed by atoms with Crippen LogP contribution in [0.4, 0.5) is 17.6 Å². The van der Waals surface area contributed by atoms with Crippen LogP contribution in [0.1, 0.15) is 41.7 Å². The molecular weight excluding hydrogens is 552 g/mol. The van der Waals surface area contributed by atoms with Crippen molar-refractivity contribution in [3.63, 3.8) is 0 Å². The van der Waals surface area contributed by atoms with E-state index in [-0.39, 0.29) is 35.0 Å². The third-order valence-electron chi connectivity index (χ3n) is 7.45. The van der Waals surface area contributed by atoms with Crippen LogP contribution in [0.15, 0.2) is 42.6 Å². The Labute approximate surface area is 230 Å². The topological polar surface area (TPSA) is 89.3 Å². The molecule has 2 saturated carbocycles. The van der Waals surface area contributed by atoms with Crippen molar-refractivity contribution < 1.29 is 32.2 Å². The van der Waals surface area contributed by atoms with Crippen LogP contribution in [0.2, 0.25) is 5.02 Å². The van der Waals surface area contributed by atoms with Crippen molar-refractivity contribution in [3.05, 3.63) is 76.3 Å². The summed E-state index contributed by atoms with van der Waals surface area (Å²) in [5.41, 5.74) is -1.90. The van der Waals surface area contributed by atoms with Crippen molar-refractivity contribution in [2.24, 2.45) is 5.92 Å². The van der Waals surface area contributed by atoms with Gasteiger partial charge in [-0.2, -0.15) is 5.10 Å². The minimum atomic E-state index is -1.70. The van der Waals surface area contributed by atoms with E-state index in [4.69, 9.17) is 16.3 Å². The zero-order valence-corrected chi connectivity index (χ0v) is 21.9. The SMILES string of the molecule is COc1cc(C(=O)NC[C@](O)(c2ccc(F)c(-c3cc(Cl)c(F)cc3F)n2)C2CC2)cc2cn(C3(F)CC3)nc12. The second-order valence-corrected chi connectivity index (χ2v) is 10.7. The monoisotopic (exact) mass is 574 g/mol. The number of aromatic nitrogens is 3. The number of amides is 1. The number of nitrogens with one attached hydrogen (secondary N) is 1. The lowest BCUT2D eigenvalue weighted by Gasteiger charge is -2.28. The van der Waals surface area contributed by atoms with Crippen molar-refractivity contribution >= 4 is 28.4 Å². The van der Waals surface area contributed by atoms with Gasteiger partial charge in [0.2, 0.25) is 5.79 Å². The van der Waals surface area contributed by atoms with Gasteiger partial charge in [0.25, 0.3) is 5.91 Å². The lowest BCUT2D eigenvalue weighted by molar-refractivity contribution is 0.00949. The van der Waals surface area contributed by atoms with Crippen molar-refractivity contribution in [2.75, 3.05) is 13.7 Å². The first-order chi connectivity index (χ1) is 19.0. The Morgan fingerprint density at radius 3 is 2.60 bits per heavy atom. The van der Waals surface area contributed by atoms with Gasteiger partial charge in [-0.3, -0.25) is 4.79 Å². The minimum absolute atomic E-state index is 0.0125. The number of fused-ring (bicyclic) bond motifs is 1. The van der Waals surface area contributed by atoms with Gasteiger partial charge in [0.05, 0.1) is 24.4 Å². The van der Waals surface area contributed by atoms with Gasteiger partial charge in [-0.25, -0.2) is 27.2 Å². The quantitative estimate of drug-likeness (QED) is 0.211. The number of nitrogens with zero attached hydrogens (tertiary/aromatic N) is 3. The number of hydrogen-bond acceptors (Lipinski definition) is 5. The van der Waals surface area contributed by atoms with Crippen LogP contribution in [0.5, 0.6) is 5.75 Å². The van der Waals surface area contributed by atoms with Gasteiger partial charge in [-0.1, -0.05) is 11.6 Å². The molecule has 2 aromatic carbocycles. The molecule has 2 heterocycles. The standard InChI is InChI=1S/C28H23ClF4N4O3/c1-40-22-9-14(8-15-12-37(36-24(15)22)27(33)6-7-27)26(38)34-13-28(39,16-2-3-16)23-5-4-19(30)25(35-23)17-10-18(29)21(32)11-20(17)31/h4-5,8-12,16,39H,2-3,6-7,13H2,1H3,(H,34,38)/t28-/m1/s1. The number of aliphatic hydroxyl groups is 1. The second kappa shape index (κ2) is 9.45. The second-order valence-electron chi connectivity index (χ2n) is 10.3. The van der Waals surface area contributed by atoms with Crippen LogP contribution >= 0.6 is 11.6 Å². The third kappa shape index (κ3) is 4.56. The number of hydrogen-bond donors (Lipinski definition) is 2. The molecule has 0 radical (unpaired) electrons. The van der Waals surface area contributed by atoms with E-state index in [0.717, 1.165) is 12.1 Å². The van der Waals surface area contributed by atoms with Gasteiger partial charge in [0.1, 0.15) is 40.0 Å². The summed E-state index contributed by atoms with van der Waals surface area (Å²) in [6.45, 7) is -0.283. The molecule has 208 valence electrons. The number of carbonyl (C=O) groups is 1. The zero-order valence-electron chi connectivity index (χ0n) is 21.1. The summed E-state index contributed by atoms with van der Waals surface area (Å²) in [5.74, 6) is -5.06. The molecule has 12 heteroatoms.